The highest BCUT2D eigenvalue weighted by Crippen LogP contribution is 2.45. The average molecular weight is 495 g/mol. The number of Topliss-reactive ketones (excluding diaryl/α,β-unsaturated/α-hetero) is 1. The van der Waals surface area contributed by atoms with E-state index in [0.29, 0.717) is 28.3 Å². The SMILES string of the molecule is COC(=O)c1sc(N2C(=O)C(=O)C(=C(O)c3ccccc3)C2c2ccc(OC)c(OC)c2)nc1C. The van der Waals surface area contributed by atoms with Gasteiger partial charge in [0.05, 0.1) is 38.6 Å². The topological polar surface area (TPSA) is 115 Å². The van der Waals surface area contributed by atoms with Crippen LogP contribution in [0.1, 0.15) is 32.5 Å². The van der Waals surface area contributed by atoms with Crippen molar-refractivity contribution in [1.82, 2.24) is 4.98 Å². The van der Waals surface area contributed by atoms with E-state index in [0.717, 1.165) is 11.3 Å². The number of benzene rings is 2. The summed E-state index contributed by atoms with van der Waals surface area (Å²) in [5, 5.41) is 11.3. The molecule has 0 radical (unpaired) electrons. The van der Waals surface area contributed by atoms with Gasteiger partial charge in [0.15, 0.2) is 16.6 Å². The first-order chi connectivity index (χ1) is 16.8. The Labute approximate surface area is 205 Å². The first-order valence-electron chi connectivity index (χ1n) is 10.5. The van der Waals surface area contributed by atoms with Gasteiger partial charge in [-0.3, -0.25) is 14.5 Å². The Bertz CT molecular complexity index is 1350. The van der Waals surface area contributed by atoms with Gasteiger partial charge in [0, 0.05) is 5.56 Å². The lowest BCUT2D eigenvalue weighted by molar-refractivity contribution is -0.132. The van der Waals surface area contributed by atoms with Crippen molar-refractivity contribution >= 4 is 39.9 Å². The number of thiazole rings is 1. The summed E-state index contributed by atoms with van der Waals surface area (Å²) in [6.45, 7) is 1.61. The number of amides is 1. The first kappa shape index (κ1) is 24.0. The zero-order chi connectivity index (χ0) is 25.3. The van der Waals surface area contributed by atoms with Gasteiger partial charge in [-0.25, -0.2) is 9.78 Å². The number of rotatable bonds is 6. The number of aliphatic hydroxyl groups excluding tert-OH is 1. The molecule has 0 aliphatic carbocycles. The van der Waals surface area contributed by atoms with Crippen LogP contribution in [-0.4, -0.2) is 49.1 Å². The lowest BCUT2D eigenvalue weighted by Crippen LogP contribution is -2.29. The molecule has 1 atom stereocenters. The number of carbonyl (C=O) groups is 3. The van der Waals surface area contributed by atoms with Gasteiger partial charge in [-0.1, -0.05) is 47.7 Å². The van der Waals surface area contributed by atoms with E-state index in [1.165, 1.54) is 26.2 Å². The van der Waals surface area contributed by atoms with Gasteiger partial charge in [-0.2, -0.15) is 0 Å². The van der Waals surface area contributed by atoms with Gasteiger partial charge >= 0.3 is 11.9 Å². The zero-order valence-electron chi connectivity index (χ0n) is 19.4. The fourth-order valence-corrected chi connectivity index (χ4v) is 4.90. The van der Waals surface area contributed by atoms with E-state index in [1.54, 1.807) is 55.5 Å². The summed E-state index contributed by atoms with van der Waals surface area (Å²) in [7, 11) is 4.21. The molecule has 3 aromatic rings. The molecular weight excluding hydrogens is 472 g/mol. The van der Waals surface area contributed by atoms with Crippen LogP contribution in [0.5, 0.6) is 11.5 Å². The minimum absolute atomic E-state index is 0.110. The van der Waals surface area contributed by atoms with Crippen LogP contribution in [0.15, 0.2) is 54.1 Å². The standard InChI is InChI=1S/C25H22N2O7S/c1-13-22(24(31)34-4)35-25(26-13)27-19(15-10-11-16(32-2)17(12-15)33-3)18(21(29)23(27)30)20(28)14-8-6-5-7-9-14/h5-12,19,28H,1-4H3. The molecule has 1 aliphatic rings. The minimum Gasteiger partial charge on any atom is -0.507 e. The molecule has 0 spiro atoms. The summed E-state index contributed by atoms with van der Waals surface area (Å²) < 4.78 is 15.5. The van der Waals surface area contributed by atoms with Crippen molar-refractivity contribution in [1.29, 1.82) is 0 Å². The molecule has 35 heavy (non-hydrogen) atoms. The lowest BCUT2D eigenvalue weighted by atomic mass is 9.95. The van der Waals surface area contributed by atoms with Crippen LogP contribution >= 0.6 is 11.3 Å². The highest BCUT2D eigenvalue weighted by molar-refractivity contribution is 7.17. The normalized spacial score (nSPS) is 16.9. The van der Waals surface area contributed by atoms with Crippen molar-refractivity contribution in [3.8, 4) is 11.5 Å². The highest BCUT2D eigenvalue weighted by Gasteiger charge is 2.48. The van der Waals surface area contributed by atoms with E-state index < -0.39 is 23.7 Å². The first-order valence-corrected chi connectivity index (χ1v) is 11.3. The molecule has 4 rings (SSSR count). The maximum absolute atomic E-state index is 13.3. The number of aliphatic hydroxyl groups is 1. The molecule has 1 saturated heterocycles. The Kier molecular flexibility index (Phi) is 6.57. The van der Waals surface area contributed by atoms with Gasteiger partial charge in [-0.15, -0.1) is 0 Å². The quantitative estimate of drug-likeness (QED) is 0.238. The Morgan fingerprint density at radius 3 is 2.34 bits per heavy atom. The van der Waals surface area contributed by atoms with E-state index in [2.05, 4.69) is 4.98 Å². The lowest BCUT2D eigenvalue weighted by Gasteiger charge is -2.23. The summed E-state index contributed by atoms with van der Waals surface area (Å²) >= 11 is 0.928. The molecule has 180 valence electrons. The van der Waals surface area contributed by atoms with Crippen molar-refractivity contribution < 1.29 is 33.7 Å². The predicted octanol–water partition coefficient (Wildman–Crippen LogP) is 3.88. The average Bonchev–Trinajstić information content (AvgIpc) is 3.39. The van der Waals surface area contributed by atoms with E-state index in [1.807, 2.05) is 0 Å². The molecule has 1 amide bonds. The van der Waals surface area contributed by atoms with Gasteiger partial charge in [-0.05, 0) is 24.6 Å². The van der Waals surface area contributed by atoms with Crippen molar-refractivity contribution in [3.63, 3.8) is 0 Å². The summed E-state index contributed by atoms with van der Waals surface area (Å²) in [6.07, 6.45) is 0. The summed E-state index contributed by atoms with van der Waals surface area (Å²) in [4.78, 5) is 44.5. The number of hydrogen-bond donors (Lipinski definition) is 1. The summed E-state index contributed by atoms with van der Waals surface area (Å²) in [6, 6.07) is 12.4. The highest BCUT2D eigenvalue weighted by atomic mass is 32.1. The van der Waals surface area contributed by atoms with E-state index in [-0.39, 0.29) is 21.3 Å². The van der Waals surface area contributed by atoms with Gasteiger partial charge in [0.1, 0.15) is 10.6 Å². The zero-order valence-corrected chi connectivity index (χ0v) is 20.2. The molecule has 2 aromatic carbocycles. The second-order valence-corrected chi connectivity index (χ2v) is 8.53. The van der Waals surface area contributed by atoms with Crippen LogP contribution in [0.4, 0.5) is 5.13 Å². The summed E-state index contributed by atoms with van der Waals surface area (Å²) in [5.41, 5.74) is 1.10. The fourth-order valence-electron chi connectivity index (χ4n) is 3.89. The molecular formula is C25H22N2O7S. The van der Waals surface area contributed by atoms with Gasteiger partial charge < -0.3 is 19.3 Å². The Morgan fingerprint density at radius 2 is 1.71 bits per heavy atom. The third-order valence-corrected chi connectivity index (χ3v) is 6.71. The molecule has 1 unspecified atom stereocenters. The molecule has 10 heteroatoms. The molecule has 1 N–H and O–H groups in total. The minimum atomic E-state index is -1.04. The number of ether oxygens (including phenoxy) is 3. The van der Waals surface area contributed by atoms with Crippen LogP contribution in [0, 0.1) is 6.92 Å². The van der Waals surface area contributed by atoms with Crippen LogP contribution in [0.3, 0.4) is 0 Å². The maximum Gasteiger partial charge on any atom is 0.350 e. The number of carbonyl (C=O) groups excluding carboxylic acids is 3. The number of aromatic nitrogens is 1. The molecule has 2 heterocycles. The molecule has 1 aromatic heterocycles. The Hall–Kier alpha value is -4.18. The van der Waals surface area contributed by atoms with E-state index >= 15 is 0 Å². The number of anilines is 1. The number of hydrogen-bond acceptors (Lipinski definition) is 9. The van der Waals surface area contributed by atoms with Gasteiger partial charge in [0.2, 0.25) is 0 Å². The molecule has 1 aliphatic heterocycles. The van der Waals surface area contributed by atoms with Crippen LogP contribution in [0.25, 0.3) is 5.76 Å². The third-order valence-electron chi connectivity index (χ3n) is 5.58. The van der Waals surface area contributed by atoms with Gasteiger partial charge in [0.25, 0.3) is 5.78 Å². The third kappa shape index (κ3) is 4.12. The predicted molar refractivity (Wildman–Crippen MR) is 129 cm³/mol. The molecule has 0 bridgehead atoms. The Balaban J connectivity index is 1.96. The summed E-state index contributed by atoms with van der Waals surface area (Å²) in [5.74, 6) is -1.86. The van der Waals surface area contributed by atoms with Crippen molar-refractivity contribution in [2.24, 2.45) is 0 Å². The fraction of sp³-hybridized carbons (Fsp3) is 0.200. The maximum atomic E-state index is 13.3. The number of aryl methyl sites for hydroxylation is 1. The van der Waals surface area contributed by atoms with Crippen LogP contribution in [-0.2, 0) is 14.3 Å². The monoisotopic (exact) mass is 494 g/mol. The molecule has 9 nitrogen and oxygen atoms in total. The van der Waals surface area contributed by atoms with Crippen molar-refractivity contribution in [3.05, 3.63) is 75.8 Å². The number of ketones is 1. The molecule has 0 saturated carbocycles. The van der Waals surface area contributed by atoms with Crippen molar-refractivity contribution in [2.75, 3.05) is 26.2 Å². The van der Waals surface area contributed by atoms with E-state index in [4.69, 9.17) is 14.2 Å². The van der Waals surface area contributed by atoms with Crippen LogP contribution < -0.4 is 14.4 Å². The largest absolute Gasteiger partial charge is 0.507 e. The second-order valence-electron chi connectivity index (χ2n) is 7.55. The second kappa shape index (κ2) is 9.59. The number of nitrogens with zero attached hydrogens (tertiary/aromatic N) is 2. The van der Waals surface area contributed by atoms with Crippen molar-refractivity contribution in [2.45, 2.75) is 13.0 Å². The number of methoxy groups -OCH3 is 3. The van der Waals surface area contributed by atoms with Crippen LogP contribution in [0.2, 0.25) is 0 Å². The smallest absolute Gasteiger partial charge is 0.350 e. The number of esters is 1. The molecule has 1 fully saturated rings. The van der Waals surface area contributed by atoms with E-state index in [9.17, 15) is 19.5 Å². The Morgan fingerprint density at radius 1 is 1.03 bits per heavy atom.